The van der Waals surface area contributed by atoms with Gasteiger partial charge in [-0.2, -0.15) is 0 Å². The number of hydrogen-bond donors (Lipinski definition) is 2. The van der Waals surface area contributed by atoms with Crippen molar-refractivity contribution in [2.75, 3.05) is 0 Å². The fourth-order valence-corrected chi connectivity index (χ4v) is 2.06. The van der Waals surface area contributed by atoms with Crippen LogP contribution in [0.5, 0.6) is 5.75 Å². The summed E-state index contributed by atoms with van der Waals surface area (Å²) in [4.78, 5) is 0. The van der Waals surface area contributed by atoms with Gasteiger partial charge in [-0.05, 0) is 36.2 Å². The van der Waals surface area contributed by atoms with Crippen LogP contribution in [0.2, 0.25) is 5.02 Å². The van der Waals surface area contributed by atoms with Crippen LogP contribution in [0.3, 0.4) is 0 Å². The lowest BCUT2D eigenvalue weighted by atomic mass is 10.1. The Kier molecular flexibility index (Phi) is 5.01. The molecule has 0 radical (unpaired) electrons. The van der Waals surface area contributed by atoms with Gasteiger partial charge in [-0.15, -0.1) is 0 Å². The predicted molar refractivity (Wildman–Crippen MR) is 78.8 cm³/mol. The second kappa shape index (κ2) is 6.75. The molecule has 2 aromatic rings. The van der Waals surface area contributed by atoms with Crippen molar-refractivity contribution in [2.24, 2.45) is 0 Å². The average Bonchev–Trinajstić information content (AvgIpc) is 2.46. The lowest BCUT2D eigenvalue weighted by Gasteiger charge is -2.14. The van der Waals surface area contributed by atoms with E-state index in [0.717, 1.165) is 11.1 Å². The number of halogens is 1. The quantitative estimate of drug-likeness (QED) is 0.887. The first-order valence-electron chi connectivity index (χ1n) is 6.39. The summed E-state index contributed by atoms with van der Waals surface area (Å²) in [7, 11) is 0. The molecule has 106 valence electrons. The maximum absolute atomic E-state index is 9.73. The van der Waals surface area contributed by atoms with Gasteiger partial charge in [0, 0.05) is 10.6 Å². The van der Waals surface area contributed by atoms with Crippen molar-refractivity contribution < 1.29 is 14.9 Å². The van der Waals surface area contributed by atoms with Crippen LogP contribution in [0, 0.1) is 0 Å². The SMILES string of the molecule is CC(O)c1cc(Cl)ccc1OCc1ccc(CO)cc1. The summed E-state index contributed by atoms with van der Waals surface area (Å²) in [6.45, 7) is 2.10. The van der Waals surface area contributed by atoms with Crippen LogP contribution in [-0.4, -0.2) is 10.2 Å². The van der Waals surface area contributed by atoms with Crippen molar-refractivity contribution in [3.8, 4) is 5.75 Å². The molecular weight excluding hydrogens is 276 g/mol. The highest BCUT2D eigenvalue weighted by atomic mass is 35.5. The highest BCUT2D eigenvalue weighted by Gasteiger charge is 2.10. The molecule has 0 aliphatic heterocycles. The van der Waals surface area contributed by atoms with E-state index in [4.69, 9.17) is 21.4 Å². The number of aliphatic hydroxyl groups excluding tert-OH is 2. The Bertz CT molecular complexity index is 564. The number of aliphatic hydroxyl groups is 2. The minimum absolute atomic E-state index is 0.0322. The van der Waals surface area contributed by atoms with E-state index >= 15 is 0 Å². The van der Waals surface area contributed by atoms with Crippen molar-refractivity contribution >= 4 is 11.6 Å². The summed E-state index contributed by atoms with van der Waals surface area (Å²) in [6, 6.07) is 12.7. The van der Waals surface area contributed by atoms with Crippen LogP contribution in [0.25, 0.3) is 0 Å². The molecule has 0 aliphatic carbocycles. The molecule has 4 heteroatoms. The highest BCUT2D eigenvalue weighted by Crippen LogP contribution is 2.28. The van der Waals surface area contributed by atoms with E-state index < -0.39 is 6.10 Å². The third-order valence-corrected chi connectivity index (χ3v) is 3.26. The third kappa shape index (κ3) is 3.73. The van der Waals surface area contributed by atoms with E-state index in [9.17, 15) is 5.11 Å². The summed E-state index contributed by atoms with van der Waals surface area (Å²) in [5.74, 6) is 0.621. The molecular formula is C16H17ClO3. The van der Waals surface area contributed by atoms with Crippen LogP contribution in [-0.2, 0) is 13.2 Å². The Balaban J connectivity index is 2.10. The number of rotatable bonds is 5. The van der Waals surface area contributed by atoms with Gasteiger partial charge in [-0.25, -0.2) is 0 Å². The van der Waals surface area contributed by atoms with Crippen molar-refractivity contribution in [2.45, 2.75) is 26.2 Å². The van der Waals surface area contributed by atoms with E-state index in [1.807, 2.05) is 24.3 Å². The number of hydrogen-bond acceptors (Lipinski definition) is 3. The third-order valence-electron chi connectivity index (χ3n) is 3.02. The smallest absolute Gasteiger partial charge is 0.125 e. The molecule has 20 heavy (non-hydrogen) atoms. The van der Waals surface area contributed by atoms with E-state index in [-0.39, 0.29) is 6.61 Å². The van der Waals surface area contributed by atoms with Gasteiger partial charge < -0.3 is 14.9 Å². The first-order chi connectivity index (χ1) is 9.60. The van der Waals surface area contributed by atoms with Gasteiger partial charge in [0.05, 0.1) is 12.7 Å². The molecule has 2 aromatic carbocycles. The van der Waals surface area contributed by atoms with Gasteiger partial charge in [0.1, 0.15) is 12.4 Å². The zero-order valence-corrected chi connectivity index (χ0v) is 12.0. The molecule has 1 unspecified atom stereocenters. The summed E-state index contributed by atoms with van der Waals surface area (Å²) < 4.78 is 5.73. The van der Waals surface area contributed by atoms with Crippen LogP contribution in [0.4, 0.5) is 0 Å². The molecule has 0 saturated carbocycles. The second-order valence-corrected chi connectivity index (χ2v) is 5.06. The zero-order valence-electron chi connectivity index (χ0n) is 11.2. The summed E-state index contributed by atoms with van der Waals surface area (Å²) in [5, 5.41) is 19.3. The van der Waals surface area contributed by atoms with E-state index in [0.29, 0.717) is 22.9 Å². The fraction of sp³-hybridized carbons (Fsp3) is 0.250. The molecule has 0 spiro atoms. The van der Waals surface area contributed by atoms with Crippen LogP contribution in [0.1, 0.15) is 29.7 Å². The minimum Gasteiger partial charge on any atom is -0.489 e. The Hall–Kier alpha value is -1.55. The first-order valence-corrected chi connectivity index (χ1v) is 6.77. The molecule has 0 aromatic heterocycles. The molecule has 0 bridgehead atoms. The molecule has 0 fully saturated rings. The Morgan fingerprint density at radius 3 is 2.35 bits per heavy atom. The monoisotopic (exact) mass is 292 g/mol. The molecule has 0 heterocycles. The largest absolute Gasteiger partial charge is 0.489 e. The summed E-state index contributed by atoms with van der Waals surface area (Å²) in [6.07, 6.45) is -0.638. The maximum Gasteiger partial charge on any atom is 0.125 e. The van der Waals surface area contributed by atoms with Crippen molar-refractivity contribution in [1.82, 2.24) is 0 Å². The lowest BCUT2D eigenvalue weighted by molar-refractivity contribution is 0.190. The average molecular weight is 293 g/mol. The van der Waals surface area contributed by atoms with E-state index in [1.54, 1.807) is 25.1 Å². The second-order valence-electron chi connectivity index (χ2n) is 4.62. The minimum atomic E-state index is -0.638. The first kappa shape index (κ1) is 14.9. The molecule has 3 nitrogen and oxygen atoms in total. The van der Waals surface area contributed by atoms with Gasteiger partial charge in [0.2, 0.25) is 0 Å². The molecule has 2 N–H and O–H groups in total. The molecule has 0 amide bonds. The maximum atomic E-state index is 9.73. The molecule has 0 aliphatic rings. The highest BCUT2D eigenvalue weighted by molar-refractivity contribution is 6.30. The van der Waals surface area contributed by atoms with Crippen LogP contribution < -0.4 is 4.74 Å². The normalized spacial score (nSPS) is 12.2. The summed E-state index contributed by atoms with van der Waals surface area (Å²) >= 11 is 5.92. The van der Waals surface area contributed by atoms with Crippen molar-refractivity contribution in [3.63, 3.8) is 0 Å². The summed E-state index contributed by atoms with van der Waals surface area (Å²) in [5.41, 5.74) is 2.53. The Morgan fingerprint density at radius 1 is 1.10 bits per heavy atom. The van der Waals surface area contributed by atoms with E-state index in [1.165, 1.54) is 0 Å². The molecule has 0 saturated heterocycles. The zero-order chi connectivity index (χ0) is 14.5. The molecule has 2 rings (SSSR count). The van der Waals surface area contributed by atoms with Crippen LogP contribution in [0.15, 0.2) is 42.5 Å². The Morgan fingerprint density at radius 2 is 1.75 bits per heavy atom. The van der Waals surface area contributed by atoms with Gasteiger partial charge >= 0.3 is 0 Å². The lowest BCUT2D eigenvalue weighted by Crippen LogP contribution is -2.01. The predicted octanol–water partition coefficient (Wildman–Crippen LogP) is 3.46. The van der Waals surface area contributed by atoms with Gasteiger partial charge in [0.15, 0.2) is 0 Å². The standard InChI is InChI=1S/C16H17ClO3/c1-11(19)15-8-14(17)6-7-16(15)20-10-13-4-2-12(9-18)3-5-13/h2-8,11,18-19H,9-10H2,1H3. The molecule has 1 atom stereocenters. The topological polar surface area (TPSA) is 49.7 Å². The van der Waals surface area contributed by atoms with Gasteiger partial charge in [0.25, 0.3) is 0 Å². The van der Waals surface area contributed by atoms with Crippen molar-refractivity contribution in [1.29, 1.82) is 0 Å². The number of benzene rings is 2. The van der Waals surface area contributed by atoms with E-state index in [2.05, 4.69) is 0 Å². The Labute approximate surface area is 123 Å². The van der Waals surface area contributed by atoms with Gasteiger partial charge in [-0.3, -0.25) is 0 Å². The van der Waals surface area contributed by atoms with Crippen LogP contribution >= 0.6 is 11.6 Å². The van der Waals surface area contributed by atoms with Gasteiger partial charge in [-0.1, -0.05) is 35.9 Å². The fourth-order valence-electron chi connectivity index (χ4n) is 1.88. The van der Waals surface area contributed by atoms with Crippen molar-refractivity contribution in [3.05, 3.63) is 64.2 Å². The number of ether oxygens (including phenoxy) is 1.